The average Bonchev–Trinajstić information content (AvgIpc) is 3.42. The van der Waals surface area contributed by atoms with E-state index in [1.807, 2.05) is 30.3 Å². The van der Waals surface area contributed by atoms with Crippen molar-refractivity contribution >= 4 is 22.6 Å². The molecule has 1 saturated heterocycles. The van der Waals surface area contributed by atoms with Crippen LogP contribution in [0, 0.1) is 5.82 Å². The molecule has 34 heavy (non-hydrogen) atoms. The minimum absolute atomic E-state index is 0.00642. The second kappa shape index (κ2) is 9.67. The van der Waals surface area contributed by atoms with Crippen LogP contribution in [0.25, 0.3) is 11.0 Å². The first-order valence-electron chi connectivity index (χ1n) is 11.8. The Labute approximate surface area is 198 Å². The third-order valence-corrected chi connectivity index (χ3v) is 6.42. The summed E-state index contributed by atoms with van der Waals surface area (Å²) >= 11 is 0. The summed E-state index contributed by atoms with van der Waals surface area (Å²) in [5.41, 5.74) is 3.87. The zero-order chi connectivity index (χ0) is 23.5. The molecule has 0 bridgehead atoms. The van der Waals surface area contributed by atoms with Gasteiger partial charge in [-0.15, -0.1) is 0 Å². The molecule has 0 radical (unpaired) electrons. The molecule has 0 N–H and O–H groups in total. The molecule has 174 valence electrons. The molecule has 1 unspecified atom stereocenters. The van der Waals surface area contributed by atoms with Crippen molar-refractivity contribution in [2.75, 3.05) is 18.1 Å². The SMILES string of the molecule is CCc1ccc(OCCCn2c(C3CC(=O)N(c4cccc(F)c4)C3)nc3ccccc32)cc1. The highest BCUT2D eigenvalue weighted by Gasteiger charge is 2.34. The van der Waals surface area contributed by atoms with Crippen LogP contribution in [0.1, 0.15) is 37.1 Å². The molecule has 1 fully saturated rings. The summed E-state index contributed by atoms with van der Waals surface area (Å²) in [6.45, 7) is 3.97. The number of ether oxygens (including phenoxy) is 1. The summed E-state index contributed by atoms with van der Waals surface area (Å²) in [6, 6.07) is 22.5. The quantitative estimate of drug-likeness (QED) is 0.318. The monoisotopic (exact) mass is 457 g/mol. The van der Waals surface area contributed by atoms with Gasteiger partial charge < -0.3 is 14.2 Å². The molecule has 1 aliphatic rings. The van der Waals surface area contributed by atoms with Crippen LogP contribution in [0.4, 0.5) is 10.1 Å². The number of benzene rings is 3. The molecule has 1 amide bonds. The number of nitrogens with zero attached hydrogens (tertiary/aromatic N) is 3. The van der Waals surface area contributed by atoms with Crippen LogP contribution in [-0.2, 0) is 17.8 Å². The molecule has 4 aromatic rings. The van der Waals surface area contributed by atoms with Crippen LogP contribution >= 0.6 is 0 Å². The number of imidazole rings is 1. The van der Waals surface area contributed by atoms with E-state index < -0.39 is 0 Å². The van der Waals surface area contributed by atoms with Crippen LogP contribution < -0.4 is 9.64 Å². The van der Waals surface area contributed by atoms with Gasteiger partial charge in [0.2, 0.25) is 5.91 Å². The van der Waals surface area contributed by atoms with E-state index in [-0.39, 0.29) is 17.6 Å². The number of anilines is 1. The first-order valence-corrected chi connectivity index (χ1v) is 11.8. The number of carbonyl (C=O) groups excluding carboxylic acids is 1. The normalized spacial score (nSPS) is 15.9. The van der Waals surface area contributed by atoms with Crippen LogP contribution in [0.3, 0.4) is 0 Å². The Bertz CT molecular complexity index is 1300. The molecule has 1 aliphatic heterocycles. The third kappa shape index (κ3) is 4.53. The van der Waals surface area contributed by atoms with Gasteiger partial charge in [-0.3, -0.25) is 4.79 Å². The lowest BCUT2D eigenvalue weighted by Gasteiger charge is -2.17. The van der Waals surface area contributed by atoms with Gasteiger partial charge in [0.15, 0.2) is 0 Å². The van der Waals surface area contributed by atoms with Crippen molar-refractivity contribution in [2.24, 2.45) is 0 Å². The van der Waals surface area contributed by atoms with Crippen molar-refractivity contribution in [3.63, 3.8) is 0 Å². The minimum atomic E-state index is -0.342. The molecule has 6 heteroatoms. The fraction of sp³-hybridized carbons (Fsp3) is 0.286. The Morgan fingerprint density at radius 3 is 2.68 bits per heavy atom. The van der Waals surface area contributed by atoms with Gasteiger partial charge in [0.05, 0.1) is 17.6 Å². The fourth-order valence-electron chi connectivity index (χ4n) is 4.65. The van der Waals surface area contributed by atoms with Crippen molar-refractivity contribution in [3.8, 4) is 5.75 Å². The second-order valence-corrected chi connectivity index (χ2v) is 8.70. The summed E-state index contributed by atoms with van der Waals surface area (Å²) in [7, 11) is 0. The number of halogens is 1. The van der Waals surface area contributed by atoms with Crippen molar-refractivity contribution in [3.05, 3.63) is 90.0 Å². The van der Waals surface area contributed by atoms with Crippen LogP contribution in [0.5, 0.6) is 5.75 Å². The van der Waals surface area contributed by atoms with Gasteiger partial charge in [-0.05, 0) is 60.9 Å². The van der Waals surface area contributed by atoms with Gasteiger partial charge in [0.1, 0.15) is 17.4 Å². The van der Waals surface area contributed by atoms with Gasteiger partial charge in [-0.2, -0.15) is 0 Å². The molecule has 0 saturated carbocycles. The van der Waals surface area contributed by atoms with Crippen LogP contribution in [0.2, 0.25) is 0 Å². The van der Waals surface area contributed by atoms with E-state index in [4.69, 9.17) is 9.72 Å². The first kappa shape index (κ1) is 22.1. The van der Waals surface area contributed by atoms with E-state index in [1.54, 1.807) is 17.0 Å². The largest absolute Gasteiger partial charge is 0.494 e. The van der Waals surface area contributed by atoms with Crippen molar-refractivity contribution in [1.82, 2.24) is 9.55 Å². The van der Waals surface area contributed by atoms with Crippen LogP contribution in [-0.4, -0.2) is 28.6 Å². The van der Waals surface area contributed by atoms with Gasteiger partial charge >= 0.3 is 0 Å². The van der Waals surface area contributed by atoms with E-state index in [0.29, 0.717) is 25.3 Å². The van der Waals surface area contributed by atoms with Gasteiger partial charge in [-0.1, -0.05) is 37.3 Å². The Morgan fingerprint density at radius 1 is 1.06 bits per heavy atom. The van der Waals surface area contributed by atoms with E-state index >= 15 is 0 Å². The van der Waals surface area contributed by atoms with Crippen LogP contribution in [0.15, 0.2) is 72.8 Å². The highest BCUT2D eigenvalue weighted by Crippen LogP contribution is 2.33. The molecule has 2 heterocycles. The maximum atomic E-state index is 13.7. The molecular formula is C28H28FN3O2. The van der Waals surface area contributed by atoms with Gasteiger partial charge in [-0.25, -0.2) is 9.37 Å². The zero-order valence-electron chi connectivity index (χ0n) is 19.3. The number of rotatable bonds is 8. The summed E-state index contributed by atoms with van der Waals surface area (Å²) < 4.78 is 21.9. The Morgan fingerprint density at radius 2 is 1.88 bits per heavy atom. The Balaban J connectivity index is 1.32. The average molecular weight is 458 g/mol. The topological polar surface area (TPSA) is 47.4 Å². The maximum Gasteiger partial charge on any atom is 0.227 e. The molecule has 5 rings (SSSR count). The highest BCUT2D eigenvalue weighted by molar-refractivity contribution is 5.96. The lowest BCUT2D eigenvalue weighted by molar-refractivity contribution is -0.117. The third-order valence-electron chi connectivity index (χ3n) is 6.42. The smallest absolute Gasteiger partial charge is 0.227 e. The Kier molecular flexibility index (Phi) is 6.30. The summed E-state index contributed by atoms with van der Waals surface area (Å²) in [6.07, 6.45) is 2.19. The number of fused-ring (bicyclic) bond motifs is 1. The number of para-hydroxylation sites is 2. The highest BCUT2D eigenvalue weighted by atomic mass is 19.1. The molecule has 3 aromatic carbocycles. The lowest BCUT2D eigenvalue weighted by atomic mass is 10.1. The van der Waals surface area contributed by atoms with Crippen molar-refractivity contribution < 1.29 is 13.9 Å². The molecule has 1 aromatic heterocycles. The minimum Gasteiger partial charge on any atom is -0.494 e. The fourth-order valence-corrected chi connectivity index (χ4v) is 4.65. The van der Waals surface area contributed by atoms with Crippen molar-refractivity contribution in [2.45, 2.75) is 38.6 Å². The predicted octanol–water partition coefficient (Wildman–Crippen LogP) is 5.73. The van der Waals surface area contributed by atoms with E-state index in [9.17, 15) is 9.18 Å². The van der Waals surface area contributed by atoms with E-state index in [1.165, 1.54) is 17.7 Å². The molecular weight excluding hydrogens is 429 g/mol. The number of amides is 1. The Hall–Kier alpha value is -3.67. The first-order chi connectivity index (χ1) is 16.6. The van der Waals surface area contributed by atoms with E-state index in [2.05, 4.69) is 29.7 Å². The number of aryl methyl sites for hydroxylation is 2. The lowest BCUT2D eigenvalue weighted by Crippen LogP contribution is -2.24. The summed E-state index contributed by atoms with van der Waals surface area (Å²) in [4.78, 5) is 19.4. The number of aromatic nitrogens is 2. The predicted molar refractivity (Wildman–Crippen MR) is 132 cm³/mol. The maximum absolute atomic E-state index is 13.7. The molecule has 0 aliphatic carbocycles. The second-order valence-electron chi connectivity index (χ2n) is 8.70. The number of hydrogen-bond acceptors (Lipinski definition) is 3. The van der Waals surface area contributed by atoms with Crippen molar-refractivity contribution in [1.29, 1.82) is 0 Å². The summed E-state index contributed by atoms with van der Waals surface area (Å²) in [5, 5.41) is 0. The van der Waals surface area contributed by atoms with Gasteiger partial charge in [0, 0.05) is 31.1 Å². The standard InChI is InChI=1S/C28H28FN3O2/c1-2-20-11-13-24(14-12-20)34-16-6-15-31-26-10-4-3-9-25(26)30-28(31)21-17-27(33)32(19-21)23-8-5-7-22(29)18-23/h3-5,7-14,18,21H,2,6,15-17,19H2,1H3. The van der Waals surface area contributed by atoms with Gasteiger partial charge in [0.25, 0.3) is 0 Å². The zero-order valence-corrected chi connectivity index (χ0v) is 19.3. The van der Waals surface area contributed by atoms with E-state index in [0.717, 1.165) is 42.0 Å². The number of hydrogen-bond donors (Lipinski definition) is 0. The molecule has 1 atom stereocenters. The summed E-state index contributed by atoms with van der Waals surface area (Å²) in [5.74, 6) is 1.38. The molecule has 0 spiro atoms. The molecule has 5 nitrogen and oxygen atoms in total. The number of carbonyl (C=O) groups is 1.